The second kappa shape index (κ2) is 14.9. The van der Waals surface area contributed by atoms with E-state index in [1.165, 1.54) is 4.90 Å². The molecule has 8 saturated heterocycles. The number of amides is 1. The molecule has 1 aromatic rings. The number of rotatable bonds is 9. The molecule has 14 heteroatoms. The third-order valence-electron chi connectivity index (χ3n) is 16.2. The SMILES string of the molecule is C[C@H]1[C@@H](CC(C[C@H]2O[C@@H]3OC4(C)CC[C@H]5[C@H](C)CC[C@@H]([C@H]2C)C35OO4)CS(=O)(=O)c2ccc(COC(=O)N(C)C)cc2)O[C@@H]2OC3(C)CC[C@H]4[C@H](C)CC[C@@H]1C24OO3. The minimum absolute atomic E-state index is 0.0481. The summed E-state index contributed by atoms with van der Waals surface area (Å²) in [6.45, 7) is 13.0. The molecule has 1 aromatic carbocycles. The van der Waals surface area contributed by atoms with Gasteiger partial charge in [-0.3, -0.25) is 0 Å². The molecular formula is C44H65NO12S. The van der Waals surface area contributed by atoms with Gasteiger partial charge in [-0.25, -0.2) is 32.8 Å². The number of ether oxygens (including phenoxy) is 5. The lowest BCUT2D eigenvalue weighted by Gasteiger charge is -2.61. The Morgan fingerprint density at radius 1 is 0.724 bits per heavy atom. The summed E-state index contributed by atoms with van der Waals surface area (Å²) in [6, 6.07) is 6.66. The first-order chi connectivity index (χ1) is 27.5. The van der Waals surface area contributed by atoms with Gasteiger partial charge in [-0.05, 0) is 124 Å². The Hall–Kier alpha value is -1.88. The molecule has 0 N–H and O–H groups in total. The second-order valence-electron chi connectivity index (χ2n) is 20.1. The molecule has 10 aliphatic rings. The van der Waals surface area contributed by atoms with E-state index >= 15 is 0 Å². The summed E-state index contributed by atoms with van der Waals surface area (Å²) in [7, 11) is -0.544. The average molecular weight is 832 g/mol. The van der Waals surface area contributed by atoms with Gasteiger partial charge in [-0.15, -0.1) is 0 Å². The van der Waals surface area contributed by atoms with Crippen LogP contribution in [0.4, 0.5) is 4.79 Å². The van der Waals surface area contributed by atoms with E-state index in [4.69, 9.17) is 43.2 Å². The molecule has 2 saturated carbocycles. The number of carbonyl (C=O) groups excluding carboxylic acids is 1. The zero-order chi connectivity index (χ0) is 41.0. The minimum atomic E-state index is -3.78. The normalized spacial score (nSPS) is 47.2. The monoisotopic (exact) mass is 831 g/mol. The molecule has 4 unspecified atom stereocenters. The van der Waals surface area contributed by atoms with Gasteiger partial charge in [0.25, 0.3) is 0 Å². The van der Waals surface area contributed by atoms with E-state index in [0.717, 1.165) is 51.4 Å². The molecule has 2 spiro atoms. The number of fused-ring (bicyclic) bond motifs is 4. The molecule has 8 heterocycles. The molecule has 58 heavy (non-hydrogen) atoms. The van der Waals surface area contributed by atoms with Gasteiger partial charge in [0.1, 0.15) is 6.61 Å². The van der Waals surface area contributed by atoms with Crippen LogP contribution in [0.5, 0.6) is 0 Å². The third-order valence-corrected chi connectivity index (χ3v) is 18.1. The van der Waals surface area contributed by atoms with Crippen LogP contribution < -0.4 is 0 Å². The van der Waals surface area contributed by atoms with Gasteiger partial charge < -0.3 is 28.6 Å². The Morgan fingerprint density at radius 3 is 1.67 bits per heavy atom. The lowest BCUT2D eigenvalue weighted by atomic mass is 9.56. The smallest absolute Gasteiger partial charge is 0.409 e. The van der Waals surface area contributed by atoms with Gasteiger partial charge in [0, 0.05) is 38.8 Å². The van der Waals surface area contributed by atoms with Gasteiger partial charge in [0.15, 0.2) is 33.6 Å². The number of carbonyl (C=O) groups is 1. The van der Waals surface area contributed by atoms with E-state index in [-0.39, 0.29) is 70.9 Å². The summed E-state index contributed by atoms with van der Waals surface area (Å²) in [4.78, 5) is 38.7. The molecule has 4 bridgehead atoms. The van der Waals surface area contributed by atoms with Crippen molar-refractivity contribution in [2.75, 3.05) is 19.8 Å². The van der Waals surface area contributed by atoms with Crippen molar-refractivity contribution in [2.24, 2.45) is 53.3 Å². The van der Waals surface area contributed by atoms with Crippen LogP contribution in [0.2, 0.25) is 0 Å². The first-order valence-corrected chi connectivity index (χ1v) is 23.7. The van der Waals surface area contributed by atoms with E-state index in [0.29, 0.717) is 30.2 Å². The van der Waals surface area contributed by atoms with Crippen molar-refractivity contribution in [1.82, 2.24) is 4.90 Å². The summed E-state index contributed by atoms with van der Waals surface area (Å²) in [6.07, 6.45) is 6.22. The van der Waals surface area contributed by atoms with Crippen LogP contribution in [-0.4, -0.2) is 86.8 Å². The van der Waals surface area contributed by atoms with E-state index in [2.05, 4.69) is 27.7 Å². The van der Waals surface area contributed by atoms with Crippen molar-refractivity contribution >= 4 is 15.9 Å². The van der Waals surface area contributed by atoms with Crippen molar-refractivity contribution in [3.63, 3.8) is 0 Å². The highest BCUT2D eigenvalue weighted by Gasteiger charge is 2.71. The van der Waals surface area contributed by atoms with Crippen LogP contribution >= 0.6 is 0 Å². The standard InChI is InChI=1S/C44H65NO12S/c1-25-9-15-34-27(3)36(50-38-43(34)32(25)17-19-41(5,52-38)54-56-43)21-30(24-58(47,48)31-13-11-29(12-14-31)23-49-40(46)45(7)8)22-37-28(4)35-16-10-26(2)33-18-20-42(6)53-39(51-37)44(33,35)57-55-42/h11-14,25-28,30,32-39H,9-10,15-24H2,1-8H3/t25-,26-,27-,28-,30?,32+,33+,34+,35+,36-,37-,38-,39-,41?,42?,43?,44?/m1/s1. The predicted octanol–water partition coefficient (Wildman–Crippen LogP) is 7.56. The lowest BCUT2D eigenvalue weighted by Crippen LogP contribution is -2.70. The van der Waals surface area contributed by atoms with Crippen LogP contribution in [0.15, 0.2) is 29.2 Å². The largest absolute Gasteiger partial charge is 0.445 e. The fraction of sp³-hybridized carbons (Fsp3) is 0.841. The zero-order valence-electron chi connectivity index (χ0n) is 35.6. The van der Waals surface area contributed by atoms with Gasteiger partial charge in [0.05, 0.1) is 22.9 Å². The van der Waals surface area contributed by atoms with Crippen molar-refractivity contribution in [2.45, 2.75) is 165 Å². The number of nitrogens with zero attached hydrogens (tertiary/aromatic N) is 1. The zero-order valence-corrected chi connectivity index (χ0v) is 36.4. The lowest BCUT2D eigenvalue weighted by molar-refractivity contribution is -0.571. The Morgan fingerprint density at radius 2 is 1.21 bits per heavy atom. The maximum Gasteiger partial charge on any atom is 0.409 e. The molecule has 0 radical (unpaired) electrons. The fourth-order valence-corrected chi connectivity index (χ4v) is 14.5. The highest BCUT2D eigenvalue weighted by atomic mass is 32.2. The van der Waals surface area contributed by atoms with Crippen LogP contribution in [-0.2, 0) is 59.7 Å². The number of sulfone groups is 1. The predicted molar refractivity (Wildman–Crippen MR) is 209 cm³/mol. The second-order valence-corrected chi connectivity index (χ2v) is 22.1. The molecule has 324 valence electrons. The number of benzene rings is 1. The summed E-state index contributed by atoms with van der Waals surface area (Å²) in [5, 5.41) is 0. The van der Waals surface area contributed by atoms with Crippen LogP contribution in [0.3, 0.4) is 0 Å². The molecule has 1 amide bonds. The van der Waals surface area contributed by atoms with Crippen molar-refractivity contribution in [3.8, 4) is 0 Å². The van der Waals surface area contributed by atoms with Crippen LogP contribution in [0.1, 0.15) is 111 Å². The molecule has 11 rings (SSSR count). The Bertz CT molecular complexity index is 1730. The maximum atomic E-state index is 14.5. The molecule has 0 aromatic heterocycles. The van der Waals surface area contributed by atoms with Gasteiger partial charge in [0.2, 0.25) is 11.6 Å². The summed E-state index contributed by atoms with van der Waals surface area (Å²) < 4.78 is 61.9. The molecule has 13 nitrogen and oxygen atoms in total. The Kier molecular flexibility index (Phi) is 10.6. The number of hydrogen-bond donors (Lipinski definition) is 0. The topological polar surface area (TPSA) is 138 Å². The van der Waals surface area contributed by atoms with Crippen LogP contribution in [0.25, 0.3) is 0 Å². The van der Waals surface area contributed by atoms with Crippen LogP contribution in [0, 0.1) is 53.3 Å². The van der Waals surface area contributed by atoms with Gasteiger partial charge >= 0.3 is 6.09 Å². The summed E-state index contributed by atoms with van der Waals surface area (Å²) in [5.41, 5.74) is -0.698. The summed E-state index contributed by atoms with van der Waals surface area (Å²) >= 11 is 0. The fourth-order valence-electron chi connectivity index (χ4n) is 12.9. The molecule has 2 aliphatic carbocycles. The van der Waals surface area contributed by atoms with E-state index in [1.807, 2.05) is 13.8 Å². The van der Waals surface area contributed by atoms with Crippen molar-refractivity contribution in [3.05, 3.63) is 29.8 Å². The quantitative estimate of drug-likeness (QED) is 0.227. The van der Waals surface area contributed by atoms with Gasteiger partial charge in [-0.2, -0.15) is 0 Å². The summed E-state index contributed by atoms with van der Waals surface area (Å²) in [5.74, 6) is -0.463. The van der Waals surface area contributed by atoms with E-state index in [9.17, 15) is 13.2 Å². The first-order valence-electron chi connectivity index (χ1n) is 22.0. The van der Waals surface area contributed by atoms with E-state index < -0.39 is 51.3 Å². The van der Waals surface area contributed by atoms with E-state index in [1.54, 1.807) is 38.4 Å². The first kappa shape index (κ1) is 41.5. The Balaban J connectivity index is 1.01. The molecule has 10 fully saturated rings. The van der Waals surface area contributed by atoms with Crippen molar-refractivity contribution in [1.29, 1.82) is 0 Å². The Labute approximate surface area is 344 Å². The minimum Gasteiger partial charge on any atom is -0.445 e. The van der Waals surface area contributed by atoms with Crippen molar-refractivity contribution < 1.29 is 56.4 Å². The molecular weight excluding hydrogens is 767 g/mol. The number of hydrogen-bond acceptors (Lipinski definition) is 12. The highest BCUT2D eigenvalue weighted by Crippen LogP contribution is 2.63. The molecule has 16 atom stereocenters. The third kappa shape index (κ3) is 6.78. The highest BCUT2D eigenvalue weighted by molar-refractivity contribution is 7.91. The molecule has 8 aliphatic heterocycles. The maximum absolute atomic E-state index is 14.5. The average Bonchev–Trinajstić information content (AvgIpc) is 3.56. The van der Waals surface area contributed by atoms with Gasteiger partial charge in [-0.1, -0.05) is 39.8 Å².